The van der Waals surface area contributed by atoms with Crippen LogP contribution in [0.5, 0.6) is 11.5 Å². The standard InChI is InChI=1S/C17H19NO4/c19-9-11-21-16-5-1-14(2-6-16)13-18-15-3-7-17(8-4-15)22-12-10-20/h1-8,13,19-20H,9-12H2. The van der Waals surface area contributed by atoms with Gasteiger partial charge in [-0.05, 0) is 54.1 Å². The lowest BCUT2D eigenvalue weighted by atomic mass is 10.2. The van der Waals surface area contributed by atoms with Crippen LogP contribution in [0, 0.1) is 0 Å². The van der Waals surface area contributed by atoms with Crippen LogP contribution in [-0.2, 0) is 0 Å². The van der Waals surface area contributed by atoms with Gasteiger partial charge >= 0.3 is 0 Å². The lowest BCUT2D eigenvalue weighted by molar-refractivity contribution is 0.201. The Morgan fingerprint density at radius 3 is 1.77 bits per heavy atom. The molecule has 2 rings (SSSR count). The van der Waals surface area contributed by atoms with E-state index in [0.717, 1.165) is 17.0 Å². The van der Waals surface area contributed by atoms with Gasteiger partial charge < -0.3 is 19.7 Å². The number of hydrogen-bond acceptors (Lipinski definition) is 5. The van der Waals surface area contributed by atoms with Crippen molar-refractivity contribution < 1.29 is 19.7 Å². The Kier molecular flexibility index (Phi) is 6.41. The van der Waals surface area contributed by atoms with Gasteiger partial charge in [-0.15, -0.1) is 0 Å². The minimum Gasteiger partial charge on any atom is -0.491 e. The number of aliphatic imine (C=N–C) groups is 1. The van der Waals surface area contributed by atoms with Gasteiger partial charge in [0.2, 0.25) is 0 Å². The van der Waals surface area contributed by atoms with Gasteiger partial charge in [0.25, 0.3) is 0 Å². The van der Waals surface area contributed by atoms with E-state index < -0.39 is 0 Å². The van der Waals surface area contributed by atoms with Crippen molar-refractivity contribution in [3.8, 4) is 11.5 Å². The molecular formula is C17H19NO4. The fourth-order valence-electron chi connectivity index (χ4n) is 1.75. The van der Waals surface area contributed by atoms with Crippen LogP contribution in [0.1, 0.15) is 5.56 Å². The smallest absolute Gasteiger partial charge is 0.119 e. The lowest BCUT2D eigenvalue weighted by Crippen LogP contribution is -2.01. The lowest BCUT2D eigenvalue weighted by Gasteiger charge is -2.04. The van der Waals surface area contributed by atoms with Crippen molar-refractivity contribution in [2.75, 3.05) is 26.4 Å². The number of ether oxygens (including phenoxy) is 2. The van der Waals surface area contributed by atoms with Crippen molar-refractivity contribution in [3.63, 3.8) is 0 Å². The zero-order valence-electron chi connectivity index (χ0n) is 12.2. The molecule has 0 aromatic heterocycles. The zero-order chi connectivity index (χ0) is 15.6. The summed E-state index contributed by atoms with van der Waals surface area (Å²) in [4.78, 5) is 4.38. The summed E-state index contributed by atoms with van der Waals surface area (Å²) >= 11 is 0. The van der Waals surface area contributed by atoms with Crippen LogP contribution in [0.2, 0.25) is 0 Å². The third-order valence-electron chi connectivity index (χ3n) is 2.80. The summed E-state index contributed by atoms with van der Waals surface area (Å²) in [5, 5.41) is 17.4. The Bertz CT molecular complexity index is 525. The highest BCUT2D eigenvalue weighted by Crippen LogP contribution is 2.18. The Labute approximate surface area is 129 Å². The van der Waals surface area contributed by atoms with Gasteiger partial charge in [-0.25, -0.2) is 0 Å². The Balaban J connectivity index is 1.93. The average Bonchev–Trinajstić information content (AvgIpc) is 2.58. The topological polar surface area (TPSA) is 71.3 Å². The zero-order valence-corrected chi connectivity index (χ0v) is 12.2. The molecule has 0 spiro atoms. The van der Waals surface area contributed by atoms with E-state index in [1.165, 1.54) is 0 Å². The molecule has 0 bridgehead atoms. The predicted octanol–water partition coefficient (Wildman–Crippen LogP) is 2.18. The highest BCUT2D eigenvalue weighted by molar-refractivity contribution is 5.82. The molecule has 0 atom stereocenters. The van der Waals surface area contributed by atoms with Crippen LogP contribution in [0.25, 0.3) is 0 Å². The molecule has 2 N–H and O–H groups in total. The summed E-state index contributed by atoms with van der Waals surface area (Å²) in [7, 11) is 0. The molecule has 0 fully saturated rings. The summed E-state index contributed by atoms with van der Waals surface area (Å²) in [6.07, 6.45) is 1.76. The first-order valence-electron chi connectivity index (χ1n) is 7.03. The first-order chi connectivity index (χ1) is 10.8. The summed E-state index contributed by atoms with van der Waals surface area (Å²) in [6.45, 7) is 0.574. The fraction of sp³-hybridized carbons (Fsp3) is 0.235. The molecule has 0 aliphatic rings. The SMILES string of the molecule is OCCOc1ccc(C=Nc2ccc(OCCO)cc2)cc1. The Morgan fingerprint density at radius 1 is 0.773 bits per heavy atom. The molecule has 2 aromatic rings. The monoisotopic (exact) mass is 301 g/mol. The fourth-order valence-corrected chi connectivity index (χ4v) is 1.75. The van der Waals surface area contributed by atoms with Gasteiger partial charge in [-0.3, -0.25) is 4.99 Å². The number of aliphatic hydroxyl groups excluding tert-OH is 2. The molecule has 0 amide bonds. The maximum absolute atomic E-state index is 8.69. The second-order valence-electron chi connectivity index (χ2n) is 4.47. The van der Waals surface area contributed by atoms with Crippen molar-refractivity contribution in [2.45, 2.75) is 0 Å². The molecule has 5 nitrogen and oxygen atoms in total. The van der Waals surface area contributed by atoms with E-state index in [9.17, 15) is 0 Å². The van der Waals surface area contributed by atoms with Crippen molar-refractivity contribution in [3.05, 3.63) is 54.1 Å². The molecule has 5 heteroatoms. The van der Waals surface area contributed by atoms with E-state index in [-0.39, 0.29) is 26.4 Å². The van der Waals surface area contributed by atoms with Crippen LogP contribution >= 0.6 is 0 Å². The molecule has 0 saturated carbocycles. The minimum atomic E-state index is -0.00207. The molecule has 116 valence electrons. The number of benzene rings is 2. The summed E-state index contributed by atoms with van der Waals surface area (Å²) in [5.74, 6) is 1.43. The van der Waals surface area contributed by atoms with Crippen LogP contribution in [0.3, 0.4) is 0 Å². The third kappa shape index (κ3) is 5.20. The van der Waals surface area contributed by atoms with Gasteiger partial charge in [0.15, 0.2) is 0 Å². The van der Waals surface area contributed by atoms with Crippen LogP contribution in [-0.4, -0.2) is 42.9 Å². The van der Waals surface area contributed by atoms with E-state index in [2.05, 4.69) is 4.99 Å². The van der Waals surface area contributed by atoms with Crippen molar-refractivity contribution in [1.29, 1.82) is 0 Å². The molecule has 22 heavy (non-hydrogen) atoms. The van der Waals surface area contributed by atoms with Gasteiger partial charge in [0.05, 0.1) is 18.9 Å². The first-order valence-corrected chi connectivity index (χ1v) is 7.03. The van der Waals surface area contributed by atoms with Crippen molar-refractivity contribution in [1.82, 2.24) is 0 Å². The van der Waals surface area contributed by atoms with E-state index in [1.807, 2.05) is 48.5 Å². The highest BCUT2D eigenvalue weighted by Gasteiger charge is 1.95. The number of hydrogen-bond donors (Lipinski definition) is 2. The van der Waals surface area contributed by atoms with Gasteiger partial charge in [0.1, 0.15) is 24.7 Å². The van der Waals surface area contributed by atoms with E-state index >= 15 is 0 Å². The van der Waals surface area contributed by atoms with Gasteiger partial charge in [0, 0.05) is 6.21 Å². The van der Waals surface area contributed by atoms with E-state index in [1.54, 1.807) is 6.21 Å². The number of aliphatic hydroxyl groups is 2. The van der Waals surface area contributed by atoms with Crippen molar-refractivity contribution >= 4 is 11.9 Å². The third-order valence-corrected chi connectivity index (χ3v) is 2.80. The summed E-state index contributed by atoms with van der Waals surface area (Å²) in [6, 6.07) is 14.8. The van der Waals surface area contributed by atoms with E-state index in [4.69, 9.17) is 19.7 Å². The molecule has 2 aromatic carbocycles. The van der Waals surface area contributed by atoms with Crippen molar-refractivity contribution in [2.24, 2.45) is 4.99 Å². The maximum atomic E-state index is 8.69. The average molecular weight is 301 g/mol. The number of nitrogens with zero attached hydrogens (tertiary/aromatic N) is 1. The van der Waals surface area contributed by atoms with Crippen LogP contribution in [0.4, 0.5) is 5.69 Å². The molecule has 0 saturated heterocycles. The predicted molar refractivity (Wildman–Crippen MR) is 85.3 cm³/mol. The Morgan fingerprint density at radius 2 is 1.27 bits per heavy atom. The second-order valence-corrected chi connectivity index (χ2v) is 4.47. The maximum Gasteiger partial charge on any atom is 0.119 e. The molecule has 0 aliphatic heterocycles. The number of rotatable bonds is 8. The minimum absolute atomic E-state index is 0.00121. The second kappa shape index (κ2) is 8.81. The van der Waals surface area contributed by atoms with Gasteiger partial charge in [-0.2, -0.15) is 0 Å². The molecule has 0 heterocycles. The Hall–Kier alpha value is -2.37. The first kappa shape index (κ1) is 16.0. The van der Waals surface area contributed by atoms with Crippen LogP contribution in [0.15, 0.2) is 53.5 Å². The van der Waals surface area contributed by atoms with E-state index in [0.29, 0.717) is 5.75 Å². The largest absolute Gasteiger partial charge is 0.491 e. The molecular weight excluding hydrogens is 282 g/mol. The van der Waals surface area contributed by atoms with Gasteiger partial charge in [-0.1, -0.05) is 0 Å². The highest BCUT2D eigenvalue weighted by atomic mass is 16.5. The summed E-state index contributed by atoms with van der Waals surface area (Å²) < 4.78 is 10.6. The normalized spacial score (nSPS) is 10.8. The van der Waals surface area contributed by atoms with Crippen LogP contribution < -0.4 is 9.47 Å². The molecule has 0 aliphatic carbocycles. The molecule has 0 unspecified atom stereocenters. The summed E-state index contributed by atoms with van der Waals surface area (Å²) in [5.41, 5.74) is 1.77. The molecule has 0 radical (unpaired) electrons. The quantitative estimate of drug-likeness (QED) is 0.733.